The number of cyclic esters (lactones) is 1. The molecule has 1 N–H and O–H groups in total. The first kappa shape index (κ1) is 10.4. The van der Waals surface area contributed by atoms with Crippen LogP contribution in [-0.2, 0) is 9.53 Å². The van der Waals surface area contributed by atoms with Gasteiger partial charge in [0, 0.05) is 0 Å². The molecule has 3 nitrogen and oxygen atoms in total. The van der Waals surface area contributed by atoms with Gasteiger partial charge in [-0.05, 0) is 13.3 Å². The van der Waals surface area contributed by atoms with E-state index in [0.717, 1.165) is 12.8 Å². The van der Waals surface area contributed by atoms with Gasteiger partial charge in [0.2, 0.25) is 0 Å². The number of esters is 1. The number of aliphatic hydroxyl groups excluding tert-OH is 1. The van der Waals surface area contributed by atoms with Crippen molar-refractivity contribution in [3.8, 4) is 0 Å². The molecule has 1 atom stereocenters. The van der Waals surface area contributed by atoms with Gasteiger partial charge in [-0.15, -0.1) is 0 Å². The molecule has 1 aliphatic heterocycles. The highest BCUT2D eigenvalue weighted by atomic mass is 35.5. The van der Waals surface area contributed by atoms with Crippen LogP contribution in [0.15, 0.2) is 10.8 Å². The lowest BCUT2D eigenvalue weighted by Gasteiger charge is -2.31. The van der Waals surface area contributed by atoms with Gasteiger partial charge < -0.3 is 9.84 Å². The third kappa shape index (κ3) is 1.80. The molecule has 1 aliphatic rings. The molecule has 0 aliphatic carbocycles. The average molecular weight is 205 g/mol. The number of hydrogen-bond donors (Lipinski definition) is 1. The van der Waals surface area contributed by atoms with E-state index in [4.69, 9.17) is 16.3 Å². The number of rotatable bonds is 2. The molecule has 0 amide bonds. The Morgan fingerprint density at radius 2 is 2.31 bits per heavy atom. The highest BCUT2D eigenvalue weighted by Gasteiger charge is 2.38. The minimum absolute atomic E-state index is 0.0349. The summed E-state index contributed by atoms with van der Waals surface area (Å²) in [5, 5.41) is 9.47. The summed E-state index contributed by atoms with van der Waals surface area (Å²) in [6, 6.07) is 0. The van der Waals surface area contributed by atoms with Crippen molar-refractivity contribution in [3.63, 3.8) is 0 Å². The number of halogens is 1. The third-order valence-electron chi connectivity index (χ3n) is 2.28. The zero-order valence-corrected chi connectivity index (χ0v) is 8.52. The Morgan fingerprint density at radius 3 is 2.85 bits per heavy atom. The molecule has 0 fully saturated rings. The average Bonchev–Trinajstić information content (AvgIpc) is 2.10. The largest absolute Gasteiger partial charge is 0.510 e. The van der Waals surface area contributed by atoms with E-state index in [0.29, 0.717) is 0 Å². The Bertz CT molecular complexity index is 260. The van der Waals surface area contributed by atoms with Gasteiger partial charge in [0.25, 0.3) is 0 Å². The van der Waals surface area contributed by atoms with Crippen molar-refractivity contribution in [3.05, 3.63) is 10.8 Å². The Balaban J connectivity index is 2.97. The lowest BCUT2D eigenvalue weighted by Crippen LogP contribution is -2.33. The summed E-state index contributed by atoms with van der Waals surface area (Å²) in [5.41, 5.74) is -0.500. The molecule has 1 heterocycles. The normalized spacial score (nSPS) is 29.0. The van der Waals surface area contributed by atoms with Gasteiger partial charge in [-0.3, -0.25) is 0 Å². The van der Waals surface area contributed by atoms with E-state index in [2.05, 4.69) is 0 Å². The molecule has 74 valence electrons. The first-order valence-corrected chi connectivity index (χ1v) is 4.65. The number of aliphatic hydroxyl groups is 1. The van der Waals surface area contributed by atoms with Crippen molar-refractivity contribution in [1.29, 1.82) is 0 Å². The molecular weight excluding hydrogens is 192 g/mol. The Morgan fingerprint density at radius 1 is 1.69 bits per heavy atom. The Hall–Kier alpha value is -0.700. The van der Waals surface area contributed by atoms with Gasteiger partial charge >= 0.3 is 5.97 Å². The van der Waals surface area contributed by atoms with Crippen molar-refractivity contribution in [2.45, 2.75) is 26.7 Å². The molecule has 1 rings (SSSR count). The maximum absolute atomic E-state index is 10.9. The van der Waals surface area contributed by atoms with E-state index in [-0.39, 0.29) is 17.4 Å². The third-order valence-corrected chi connectivity index (χ3v) is 2.62. The molecular formula is C9H13ClO3. The van der Waals surface area contributed by atoms with Crippen LogP contribution >= 0.6 is 11.6 Å². The van der Waals surface area contributed by atoms with Crippen LogP contribution < -0.4 is 0 Å². The molecule has 0 saturated heterocycles. The van der Waals surface area contributed by atoms with Crippen LogP contribution in [0, 0.1) is 5.41 Å². The summed E-state index contributed by atoms with van der Waals surface area (Å²) in [6.07, 6.45) is 1.66. The minimum Gasteiger partial charge on any atom is -0.510 e. The van der Waals surface area contributed by atoms with Gasteiger partial charge in [-0.2, -0.15) is 0 Å². The minimum atomic E-state index is -0.632. The lowest BCUT2D eigenvalue weighted by atomic mass is 9.83. The second-order valence-electron chi connectivity index (χ2n) is 3.55. The Labute approximate surface area is 82.3 Å². The zero-order chi connectivity index (χ0) is 10.1. The molecule has 13 heavy (non-hydrogen) atoms. The predicted octanol–water partition coefficient (Wildman–Crippen LogP) is 2.36. The fraction of sp³-hybridized carbons (Fsp3) is 0.667. The van der Waals surface area contributed by atoms with E-state index in [1.807, 2.05) is 13.8 Å². The van der Waals surface area contributed by atoms with E-state index in [1.165, 1.54) is 0 Å². The van der Waals surface area contributed by atoms with Gasteiger partial charge in [0.05, 0.1) is 5.41 Å². The maximum Gasteiger partial charge on any atom is 0.353 e. The first-order valence-electron chi connectivity index (χ1n) is 4.27. The highest BCUT2D eigenvalue weighted by Crippen LogP contribution is 2.37. The highest BCUT2D eigenvalue weighted by molar-refractivity contribution is 6.41. The monoisotopic (exact) mass is 204 g/mol. The summed E-state index contributed by atoms with van der Waals surface area (Å²) in [6.45, 7) is 4.05. The molecule has 0 spiro atoms. The van der Waals surface area contributed by atoms with Crippen molar-refractivity contribution in [2.75, 3.05) is 6.61 Å². The number of carbonyl (C=O) groups excluding carboxylic acids is 1. The molecule has 0 bridgehead atoms. The molecule has 4 heteroatoms. The molecule has 0 aromatic heterocycles. The molecule has 0 unspecified atom stereocenters. The van der Waals surface area contributed by atoms with E-state index < -0.39 is 11.4 Å². The second kappa shape index (κ2) is 3.58. The van der Waals surface area contributed by atoms with Gasteiger partial charge in [-0.1, -0.05) is 24.9 Å². The number of ether oxygens (including phenoxy) is 1. The SMILES string of the molecule is CCC[C@@]1(C)COC(=O)C(Cl)=C1O. The topological polar surface area (TPSA) is 46.5 Å². The summed E-state index contributed by atoms with van der Waals surface area (Å²) in [4.78, 5) is 10.9. The molecule has 0 aromatic carbocycles. The zero-order valence-electron chi connectivity index (χ0n) is 7.76. The fourth-order valence-electron chi connectivity index (χ4n) is 1.46. The van der Waals surface area contributed by atoms with Crippen molar-refractivity contribution in [2.24, 2.45) is 5.41 Å². The first-order chi connectivity index (χ1) is 6.01. The van der Waals surface area contributed by atoms with Crippen LogP contribution in [0.25, 0.3) is 0 Å². The van der Waals surface area contributed by atoms with Crippen molar-refractivity contribution < 1.29 is 14.6 Å². The Kier molecular flexibility index (Phi) is 2.86. The fourth-order valence-corrected chi connectivity index (χ4v) is 1.74. The van der Waals surface area contributed by atoms with Crippen LogP contribution in [0.5, 0.6) is 0 Å². The van der Waals surface area contributed by atoms with Crippen LogP contribution in [0.3, 0.4) is 0 Å². The van der Waals surface area contributed by atoms with Crippen LogP contribution in [0.1, 0.15) is 26.7 Å². The smallest absolute Gasteiger partial charge is 0.353 e. The summed E-state index contributed by atoms with van der Waals surface area (Å²) < 4.78 is 4.84. The standard InChI is InChI=1S/C9H13ClO3/c1-3-4-9(2)5-13-8(12)6(10)7(9)11/h11H,3-5H2,1-2H3/t9-/m0/s1. The number of hydrogen-bond acceptors (Lipinski definition) is 3. The van der Waals surface area contributed by atoms with E-state index in [1.54, 1.807) is 0 Å². The van der Waals surface area contributed by atoms with Crippen molar-refractivity contribution in [1.82, 2.24) is 0 Å². The number of carbonyl (C=O) groups is 1. The van der Waals surface area contributed by atoms with Gasteiger partial charge in [0.15, 0.2) is 5.03 Å². The maximum atomic E-state index is 10.9. The van der Waals surface area contributed by atoms with Crippen LogP contribution in [0.2, 0.25) is 0 Å². The molecule has 0 radical (unpaired) electrons. The molecule has 0 saturated carbocycles. The summed E-state index contributed by atoms with van der Waals surface area (Å²) >= 11 is 5.59. The van der Waals surface area contributed by atoms with Crippen LogP contribution in [-0.4, -0.2) is 17.7 Å². The van der Waals surface area contributed by atoms with Crippen LogP contribution in [0.4, 0.5) is 0 Å². The van der Waals surface area contributed by atoms with Crippen molar-refractivity contribution >= 4 is 17.6 Å². The molecule has 0 aromatic rings. The van der Waals surface area contributed by atoms with Gasteiger partial charge in [-0.25, -0.2) is 4.79 Å². The lowest BCUT2D eigenvalue weighted by molar-refractivity contribution is -0.144. The van der Waals surface area contributed by atoms with E-state index in [9.17, 15) is 9.90 Å². The predicted molar refractivity (Wildman–Crippen MR) is 49.5 cm³/mol. The summed E-state index contributed by atoms with van der Waals surface area (Å²) in [5.74, 6) is -0.667. The second-order valence-corrected chi connectivity index (χ2v) is 3.93. The van der Waals surface area contributed by atoms with E-state index >= 15 is 0 Å². The quantitative estimate of drug-likeness (QED) is 0.703. The summed E-state index contributed by atoms with van der Waals surface area (Å²) in [7, 11) is 0. The van der Waals surface area contributed by atoms with Gasteiger partial charge in [0.1, 0.15) is 12.4 Å².